The molecule has 2 aliphatic rings. The van der Waals surface area contributed by atoms with Gasteiger partial charge in [0.05, 0.1) is 28.2 Å². The van der Waals surface area contributed by atoms with Crippen LogP contribution >= 0.6 is 0 Å². The smallest absolute Gasteiger partial charge is 0.168 e. The molecule has 1 saturated carbocycles. The lowest BCUT2D eigenvalue weighted by Crippen LogP contribution is -2.26. The standard InChI is InChI=1S/C35H32N2O4/c1-22-12-14-27(15-13-22)36-29-18-25(23-8-4-2-5-9-23)19-31(39)34(29)30(38)17-16-28-35-32(40)20-26(21-33(35)41-37-28)24-10-6-3-7-11-24/h2-15,25-26,38H,16-21H2,1H3/b34-30+,36-29?. The highest BCUT2D eigenvalue weighted by Gasteiger charge is 2.34. The molecule has 41 heavy (non-hydrogen) atoms. The van der Waals surface area contributed by atoms with Crippen molar-refractivity contribution in [3.05, 3.63) is 130 Å². The van der Waals surface area contributed by atoms with E-state index in [1.807, 2.05) is 91.9 Å². The van der Waals surface area contributed by atoms with Crippen molar-refractivity contribution in [3.8, 4) is 0 Å². The van der Waals surface area contributed by atoms with Crippen molar-refractivity contribution in [2.24, 2.45) is 4.99 Å². The maximum Gasteiger partial charge on any atom is 0.168 e. The fourth-order valence-corrected chi connectivity index (χ4v) is 5.99. The third kappa shape index (κ3) is 5.68. The first-order chi connectivity index (χ1) is 20.0. The molecule has 0 saturated heterocycles. The third-order valence-corrected chi connectivity index (χ3v) is 8.14. The molecule has 0 spiro atoms. The van der Waals surface area contributed by atoms with Gasteiger partial charge in [-0.1, -0.05) is 83.5 Å². The maximum atomic E-state index is 13.5. The van der Waals surface area contributed by atoms with E-state index in [1.165, 1.54) is 0 Å². The van der Waals surface area contributed by atoms with Crippen molar-refractivity contribution in [2.45, 2.75) is 57.3 Å². The molecular formula is C35H32N2O4. The van der Waals surface area contributed by atoms with Crippen LogP contribution in [-0.4, -0.2) is 27.5 Å². The summed E-state index contributed by atoms with van der Waals surface area (Å²) in [4.78, 5) is 31.5. The number of aliphatic hydroxyl groups is 1. The number of allylic oxidation sites excluding steroid dienone is 2. The van der Waals surface area contributed by atoms with Crippen molar-refractivity contribution < 1.29 is 19.2 Å². The maximum absolute atomic E-state index is 13.5. The van der Waals surface area contributed by atoms with Crippen molar-refractivity contribution in [1.82, 2.24) is 5.16 Å². The number of carbonyl (C=O) groups is 2. The van der Waals surface area contributed by atoms with E-state index in [0.29, 0.717) is 54.8 Å². The first kappa shape index (κ1) is 26.6. The van der Waals surface area contributed by atoms with E-state index in [-0.39, 0.29) is 41.2 Å². The monoisotopic (exact) mass is 544 g/mol. The van der Waals surface area contributed by atoms with E-state index in [9.17, 15) is 14.7 Å². The number of ketones is 2. The number of fused-ring (bicyclic) bond motifs is 1. The number of nitrogens with zero attached hydrogens (tertiary/aromatic N) is 2. The summed E-state index contributed by atoms with van der Waals surface area (Å²) in [6.07, 6.45) is 2.31. The van der Waals surface area contributed by atoms with Gasteiger partial charge in [-0.05, 0) is 48.4 Å². The summed E-state index contributed by atoms with van der Waals surface area (Å²) in [5.74, 6) is 0.502. The van der Waals surface area contributed by atoms with Gasteiger partial charge in [0, 0.05) is 32.1 Å². The number of rotatable bonds is 6. The molecule has 0 bridgehead atoms. The highest BCUT2D eigenvalue weighted by Crippen LogP contribution is 2.37. The van der Waals surface area contributed by atoms with Crippen LogP contribution in [0, 0.1) is 6.92 Å². The first-order valence-corrected chi connectivity index (χ1v) is 14.2. The molecule has 4 aromatic rings. The normalized spacial score (nSPS) is 21.1. The van der Waals surface area contributed by atoms with Gasteiger partial charge in [0.25, 0.3) is 0 Å². The van der Waals surface area contributed by atoms with Crippen LogP contribution in [0.2, 0.25) is 0 Å². The van der Waals surface area contributed by atoms with Crippen molar-refractivity contribution >= 4 is 23.0 Å². The second kappa shape index (κ2) is 11.5. The highest BCUT2D eigenvalue weighted by molar-refractivity contribution is 6.25. The molecule has 3 aromatic carbocycles. The Balaban J connectivity index is 1.26. The largest absolute Gasteiger partial charge is 0.511 e. The van der Waals surface area contributed by atoms with Crippen LogP contribution in [0.5, 0.6) is 0 Å². The van der Waals surface area contributed by atoms with Crippen molar-refractivity contribution in [2.75, 3.05) is 0 Å². The molecule has 1 fully saturated rings. The van der Waals surface area contributed by atoms with Crippen molar-refractivity contribution in [3.63, 3.8) is 0 Å². The first-order valence-electron chi connectivity index (χ1n) is 14.2. The lowest BCUT2D eigenvalue weighted by atomic mass is 9.78. The van der Waals surface area contributed by atoms with Gasteiger partial charge in [-0.25, -0.2) is 0 Å². The average Bonchev–Trinajstić information content (AvgIpc) is 3.41. The fourth-order valence-electron chi connectivity index (χ4n) is 5.99. The number of Topliss-reactive ketones (excluding diaryl/α,β-unsaturated/α-hetero) is 2. The minimum absolute atomic E-state index is 0.00423. The lowest BCUT2D eigenvalue weighted by molar-refractivity contribution is -0.116. The quantitative estimate of drug-likeness (QED) is 0.200. The second-order valence-corrected chi connectivity index (χ2v) is 11.0. The Morgan fingerprint density at radius 2 is 1.44 bits per heavy atom. The lowest BCUT2D eigenvalue weighted by Gasteiger charge is -2.26. The number of aliphatic hydroxyl groups excluding tert-OH is 1. The molecule has 2 aliphatic carbocycles. The van der Waals surface area contributed by atoms with E-state index < -0.39 is 0 Å². The molecule has 0 aliphatic heterocycles. The van der Waals surface area contributed by atoms with E-state index in [0.717, 1.165) is 22.4 Å². The molecule has 2 atom stereocenters. The average molecular weight is 545 g/mol. The number of aliphatic imine (C=N–C) groups is 1. The van der Waals surface area contributed by atoms with Gasteiger partial charge in [-0.3, -0.25) is 14.6 Å². The molecule has 6 nitrogen and oxygen atoms in total. The molecule has 1 N–H and O–H groups in total. The molecule has 0 amide bonds. The van der Waals surface area contributed by atoms with Crippen LogP contribution in [0.25, 0.3) is 0 Å². The molecule has 6 rings (SSSR count). The molecule has 206 valence electrons. The molecule has 6 heteroatoms. The predicted octanol–water partition coefficient (Wildman–Crippen LogP) is 7.56. The van der Waals surface area contributed by atoms with Gasteiger partial charge in [0.1, 0.15) is 11.5 Å². The number of aromatic nitrogens is 1. The van der Waals surface area contributed by atoms with Crippen LogP contribution in [0.1, 0.15) is 76.0 Å². The summed E-state index contributed by atoms with van der Waals surface area (Å²) < 4.78 is 5.62. The molecule has 1 heterocycles. The van der Waals surface area contributed by atoms with Gasteiger partial charge in [-0.15, -0.1) is 0 Å². The Labute approximate surface area is 239 Å². The van der Waals surface area contributed by atoms with Gasteiger partial charge >= 0.3 is 0 Å². The zero-order valence-electron chi connectivity index (χ0n) is 23.0. The third-order valence-electron chi connectivity index (χ3n) is 8.14. The second-order valence-electron chi connectivity index (χ2n) is 11.0. The Kier molecular flexibility index (Phi) is 7.47. The van der Waals surface area contributed by atoms with Gasteiger partial charge in [-0.2, -0.15) is 0 Å². The number of hydrogen-bond donors (Lipinski definition) is 1. The highest BCUT2D eigenvalue weighted by atomic mass is 16.5. The van der Waals surface area contributed by atoms with E-state index >= 15 is 0 Å². The molecule has 1 aromatic heterocycles. The number of aryl methyl sites for hydroxylation is 2. The van der Waals surface area contributed by atoms with Crippen LogP contribution < -0.4 is 0 Å². The molecule has 2 unspecified atom stereocenters. The Morgan fingerprint density at radius 1 is 0.829 bits per heavy atom. The van der Waals surface area contributed by atoms with E-state index in [4.69, 9.17) is 9.52 Å². The molecule has 0 radical (unpaired) electrons. The van der Waals surface area contributed by atoms with Crippen LogP contribution in [0.15, 0.2) is 106 Å². The Hall–Kier alpha value is -4.58. The number of hydrogen-bond acceptors (Lipinski definition) is 6. The minimum atomic E-state index is -0.127. The topological polar surface area (TPSA) is 92.8 Å². The summed E-state index contributed by atoms with van der Waals surface area (Å²) in [7, 11) is 0. The van der Waals surface area contributed by atoms with E-state index in [1.54, 1.807) is 0 Å². The summed E-state index contributed by atoms with van der Waals surface area (Å²) >= 11 is 0. The molecular weight excluding hydrogens is 512 g/mol. The summed E-state index contributed by atoms with van der Waals surface area (Å²) in [6, 6.07) is 27.7. The van der Waals surface area contributed by atoms with Crippen LogP contribution in [0.4, 0.5) is 5.69 Å². The van der Waals surface area contributed by atoms with Crippen LogP contribution in [0.3, 0.4) is 0 Å². The fraction of sp³-hybridized carbons (Fsp3) is 0.257. The van der Waals surface area contributed by atoms with Gasteiger partial charge in [0.2, 0.25) is 0 Å². The zero-order valence-corrected chi connectivity index (χ0v) is 23.0. The van der Waals surface area contributed by atoms with Crippen LogP contribution in [-0.2, 0) is 17.6 Å². The number of benzene rings is 3. The Morgan fingerprint density at radius 3 is 2.10 bits per heavy atom. The zero-order chi connectivity index (χ0) is 28.3. The summed E-state index contributed by atoms with van der Waals surface area (Å²) in [5.41, 5.74) is 5.98. The summed E-state index contributed by atoms with van der Waals surface area (Å²) in [6.45, 7) is 2.01. The Bertz CT molecular complexity index is 1630. The predicted molar refractivity (Wildman–Crippen MR) is 158 cm³/mol. The minimum Gasteiger partial charge on any atom is -0.511 e. The van der Waals surface area contributed by atoms with Crippen molar-refractivity contribution in [1.29, 1.82) is 0 Å². The summed E-state index contributed by atoms with van der Waals surface area (Å²) in [5, 5.41) is 15.5. The SMILES string of the molecule is Cc1ccc(N=C2CC(c3ccccc3)CC(=O)/C2=C(/O)CCc2noc3c2C(=O)CC(c2ccccc2)C3)cc1. The number of carbonyl (C=O) groups excluding carboxylic acids is 2. The van der Waals surface area contributed by atoms with E-state index in [2.05, 4.69) is 5.16 Å². The van der Waals surface area contributed by atoms with Gasteiger partial charge < -0.3 is 9.63 Å². The van der Waals surface area contributed by atoms with Gasteiger partial charge in [0.15, 0.2) is 11.6 Å².